The molecule has 1 N–H and O–H groups in total. The molecule has 0 aromatic heterocycles. The number of benzene rings is 2. The van der Waals surface area contributed by atoms with Gasteiger partial charge >= 0.3 is 0 Å². The number of para-hydroxylation sites is 1. The van der Waals surface area contributed by atoms with E-state index in [0.717, 1.165) is 5.56 Å². The first-order chi connectivity index (χ1) is 12.0. The molecule has 0 heterocycles. The lowest BCUT2D eigenvalue weighted by Crippen LogP contribution is -2.47. The van der Waals surface area contributed by atoms with E-state index >= 15 is 0 Å². The first-order valence-electron chi connectivity index (χ1n) is 8.30. The maximum Gasteiger partial charge on any atom is 0.255 e. The van der Waals surface area contributed by atoms with Crippen LogP contribution in [0.25, 0.3) is 0 Å². The van der Waals surface area contributed by atoms with Crippen molar-refractivity contribution in [2.75, 3.05) is 20.7 Å². The fourth-order valence-corrected chi connectivity index (χ4v) is 2.53. The van der Waals surface area contributed by atoms with Gasteiger partial charge in [-0.3, -0.25) is 9.59 Å². The summed E-state index contributed by atoms with van der Waals surface area (Å²) in [7, 11) is 3.36. The minimum Gasteiger partial charge on any atom is -0.493 e. The lowest BCUT2D eigenvalue weighted by Gasteiger charge is -2.22. The first-order valence-corrected chi connectivity index (χ1v) is 8.30. The molecule has 0 saturated heterocycles. The van der Waals surface area contributed by atoms with Crippen molar-refractivity contribution in [3.8, 4) is 5.75 Å². The Labute approximate surface area is 148 Å². The molecule has 2 aromatic rings. The Hall–Kier alpha value is -2.82. The van der Waals surface area contributed by atoms with E-state index in [1.165, 1.54) is 4.90 Å². The SMILES string of the molecule is CCOc1ccccc1C(=O)NC(Cc1ccccc1)C(=O)N(C)C. The number of ether oxygens (including phenoxy) is 1. The Balaban J connectivity index is 2.21. The van der Waals surface area contributed by atoms with Crippen LogP contribution in [0.5, 0.6) is 5.75 Å². The molecule has 2 amide bonds. The summed E-state index contributed by atoms with van der Waals surface area (Å²) in [5, 5.41) is 2.85. The van der Waals surface area contributed by atoms with Gasteiger partial charge in [-0.15, -0.1) is 0 Å². The molecule has 0 bridgehead atoms. The summed E-state index contributed by atoms with van der Waals surface area (Å²) in [6.07, 6.45) is 0.431. The number of carbonyl (C=O) groups excluding carboxylic acids is 2. The van der Waals surface area contributed by atoms with Gasteiger partial charge in [0, 0.05) is 20.5 Å². The van der Waals surface area contributed by atoms with Crippen LogP contribution in [0.4, 0.5) is 0 Å². The number of amides is 2. The second kappa shape index (κ2) is 8.87. The van der Waals surface area contributed by atoms with Crippen LogP contribution in [0.3, 0.4) is 0 Å². The molecule has 1 unspecified atom stereocenters. The molecule has 0 saturated carbocycles. The third kappa shape index (κ3) is 5.08. The van der Waals surface area contributed by atoms with Crippen molar-refractivity contribution in [2.24, 2.45) is 0 Å². The molecule has 5 nitrogen and oxygen atoms in total. The highest BCUT2D eigenvalue weighted by Gasteiger charge is 2.24. The van der Waals surface area contributed by atoms with Crippen LogP contribution in [0.2, 0.25) is 0 Å². The number of hydrogen-bond acceptors (Lipinski definition) is 3. The molecule has 5 heteroatoms. The fraction of sp³-hybridized carbons (Fsp3) is 0.300. The third-order valence-electron chi connectivity index (χ3n) is 3.76. The van der Waals surface area contributed by atoms with Crippen molar-refractivity contribution in [3.05, 3.63) is 65.7 Å². The van der Waals surface area contributed by atoms with Crippen molar-refractivity contribution >= 4 is 11.8 Å². The van der Waals surface area contributed by atoms with Gasteiger partial charge in [0.25, 0.3) is 5.91 Å². The van der Waals surface area contributed by atoms with E-state index in [9.17, 15) is 9.59 Å². The molecule has 2 aromatic carbocycles. The average Bonchev–Trinajstić information content (AvgIpc) is 2.62. The molecule has 1 atom stereocenters. The summed E-state index contributed by atoms with van der Waals surface area (Å²) in [4.78, 5) is 26.7. The molecule has 0 radical (unpaired) electrons. The van der Waals surface area contributed by atoms with E-state index in [4.69, 9.17) is 4.74 Å². The summed E-state index contributed by atoms with van der Waals surface area (Å²) in [6, 6.07) is 16.0. The lowest BCUT2D eigenvalue weighted by atomic mass is 10.0. The van der Waals surface area contributed by atoms with Gasteiger partial charge < -0.3 is 15.0 Å². The summed E-state index contributed by atoms with van der Waals surface area (Å²) < 4.78 is 5.51. The van der Waals surface area contributed by atoms with Gasteiger partial charge in [-0.25, -0.2) is 0 Å². The van der Waals surface area contributed by atoms with Gasteiger partial charge in [0.2, 0.25) is 5.91 Å². The number of nitrogens with one attached hydrogen (secondary N) is 1. The number of likely N-dealkylation sites (N-methyl/N-ethyl adjacent to an activating group) is 1. The van der Waals surface area contributed by atoms with Gasteiger partial charge in [-0.2, -0.15) is 0 Å². The quantitative estimate of drug-likeness (QED) is 0.842. The van der Waals surface area contributed by atoms with Crippen molar-refractivity contribution in [3.63, 3.8) is 0 Å². The zero-order chi connectivity index (χ0) is 18.2. The standard InChI is InChI=1S/C20H24N2O3/c1-4-25-18-13-9-8-12-16(18)19(23)21-17(20(24)22(2)3)14-15-10-6-5-7-11-15/h5-13,17H,4,14H2,1-3H3,(H,21,23). The molecular weight excluding hydrogens is 316 g/mol. The number of carbonyl (C=O) groups is 2. The van der Waals surface area contributed by atoms with Gasteiger partial charge in [0.1, 0.15) is 11.8 Å². The highest BCUT2D eigenvalue weighted by molar-refractivity contribution is 5.99. The third-order valence-corrected chi connectivity index (χ3v) is 3.76. The van der Waals surface area contributed by atoms with Gasteiger partial charge in [-0.05, 0) is 24.6 Å². The molecule has 132 valence electrons. The Morgan fingerprint density at radius 2 is 1.68 bits per heavy atom. The van der Waals surface area contributed by atoms with Crippen LogP contribution < -0.4 is 10.1 Å². The van der Waals surface area contributed by atoms with Crippen molar-refractivity contribution in [1.29, 1.82) is 0 Å². The smallest absolute Gasteiger partial charge is 0.255 e. The predicted octanol–water partition coefficient (Wildman–Crippen LogP) is 2.51. The van der Waals surface area contributed by atoms with Crippen LogP contribution in [0.1, 0.15) is 22.8 Å². The average molecular weight is 340 g/mol. The zero-order valence-corrected chi connectivity index (χ0v) is 14.9. The molecule has 2 rings (SSSR count). The highest BCUT2D eigenvalue weighted by Crippen LogP contribution is 2.18. The fourth-order valence-electron chi connectivity index (χ4n) is 2.53. The minimum atomic E-state index is -0.639. The largest absolute Gasteiger partial charge is 0.493 e. The normalized spacial score (nSPS) is 11.5. The molecule has 0 fully saturated rings. The molecule has 25 heavy (non-hydrogen) atoms. The summed E-state index contributed by atoms with van der Waals surface area (Å²) >= 11 is 0. The Kier molecular flexibility index (Phi) is 6.57. The Morgan fingerprint density at radius 1 is 1.04 bits per heavy atom. The molecule has 0 spiro atoms. The van der Waals surface area contributed by atoms with E-state index in [-0.39, 0.29) is 11.8 Å². The van der Waals surface area contributed by atoms with Crippen LogP contribution in [-0.2, 0) is 11.2 Å². The van der Waals surface area contributed by atoms with Crippen LogP contribution >= 0.6 is 0 Å². The first kappa shape index (κ1) is 18.5. The molecular formula is C20H24N2O3. The number of rotatable bonds is 7. The molecule has 0 aliphatic rings. The molecule has 0 aliphatic heterocycles. The van der Waals surface area contributed by atoms with Crippen LogP contribution in [0.15, 0.2) is 54.6 Å². The van der Waals surface area contributed by atoms with Crippen LogP contribution in [0, 0.1) is 0 Å². The number of hydrogen-bond donors (Lipinski definition) is 1. The number of nitrogens with zero attached hydrogens (tertiary/aromatic N) is 1. The van der Waals surface area contributed by atoms with Crippen molar-refractivity contribution in [1.82, 2.24) is 10.2 Å². The Bertz CT molecular complexity index is 714. The summed E-state index contributed by atoms with van der Waals surface area (Å²) in [5.41, 5.74) is 1.41. The highest BCUT2D eigenvalue weighted by atomic mass is 16.5. The van der Waals surface area contributed by atoms with Crippen LogP contribution in [-0.4, -0.2) is 43.5 Å². The van der Waals surface area contributed by atoms with Gasteiger partial charge in [0.05, 0.1) is 12.2 Å². The van der Waals surface area contributed by atoms with E-state index in [1.807, 2.05) is 43.3 Å². The summed E-state index contributed by atoms with van der Waals surface area (Å²) in [5.74, 6) is 0.0459. The molecule has 0 aliphatic carbocycles. The predicted molar refractivity (Wildman–Crippen MR) is 97.7 cm³/mol. The topological polar surface area (TPSA) is 58.6 Å². The minimum absolute atomic E-state index is 0.147. The van der Waals surface area contributed by atoms with Gasteiger partial charge in [0.15, 0.2) is 0 Å². The van der Waals surface area contributed by atoms with Crippen molar-refractivity contribution < 1.29 is 14.3 Å². The maximum absolute atomic E-state index is 12.7. The lowest BCUT2D eigenvalue weighted by molar-refractivity contribution is -0.130. The Morgan fingerprint density at radius 3 is 2.32 bits per heavy atom. The monoisotopic (exact) mass is 340 g/mol. The van der Waals surface area contributed by atoms with E-state index in [2.05, 4.69) is 5.32 Å². The second-order valence-corrected chi connectivity index (χ2v) is 5.88. The summed E-state index contributed by atoms with van der Waals surface area (Å²) in [6.45, 7) is 2.33. The van der Waals surface area contributed by atoms with Crippen molar-refractivity contribution in [2.45, 2.75) is 19.4 Å². The van der Waals surface area contributed by atoms with E-state index in [1.54, 1.807) is 32.3 Å². The van der Waals surface area contributed by atoms with E-state index < -0.39 is 6.04 Å². The maximum atomic E-state index is 12.7. The van der Waals surface area contributed by atoms with Gasteiger partial charge in [-0.1, -0.05) is 42.5 Å². The van der Waals surface area contributed by atoms with E-state index in [0.29, 0.717) is 24.3 Å². The second-order valence-electron chi connectivity index (χ2n) is 5.88. The zero-order valence-electron chi connectivity index (χ0n) is 14.9.